The number of halogens is 3. The number of nitrogens with zero attached hydrogens (tertiary/aromatic N) is 2. The summed E-state index contributed by atoms with van der Waals surface area (Å²) in [7, 11) is 0. The van der Waals surface area contributed by atoms with E-state index in [-0.39, 0.29) is 11.6 Å². The minimum atomic E-state index is -0.119. The average molecular weight is 307 g/mol. The zero-order valence-corrected chi connectivity index (χ0v) is 13.1. The summed E-state index contributed by atoms with van der Waals surface area (Å²) in [5.74, 6) is 0.417. The van der Waals surface area contributed by atoms with Crippen LogP contribution in [0, 0.1) is 5.92 Å². The van der Waals surface area contributed by atoms with Crippen LogP contribution < -0.4 is 0 Å². The van der Waals surface area contributed by atoms with E-state index in [1.807, 2.05) is 4.70 Å². The van der Waals surface area contributed by atoms with Crippen LogP contribution >= 0.6 is 34.8 Å². The number of hydrogen-bond donors (Lipinski definition) is 0. The summed E-state index contributed by atoms with van der Waals surface area (Å²) in [6.45, 7) is 8.55. The van der Waals surface area contributed by atoms with Gasteiger partial charge in [0.25, 0.3) is 5.69 Å². The van der Waals surface area contributed by atoms with Crippen molar-refractivity contribution in [2.75, 3.05) is 0 Å². The molecule has 0 radical (unpaired) electrons. The monoisotopic (exact) mass is 305 g/mol. The van der Waals surface area contributed by atoms with E-state index >= 15 is 0 Å². The van der Waals surface area contributed by atoms with Crippen LogP contribution in [-0.2, 0) is 0 Å². The molecular formula is C13H16Cl3N2+. The van der Waals surface area contributed by atoms with Crippen molar-refractivity contribution < 1.29 is 4.70 Å². The molecule has 1 aliphatic rings. The second-order valence-corrected chi connectivity index (χ2v) is 6.60. The van der Waals surface area contributed by atoms with Crippen LogP contribution in [-0.4, -0.2) is 16.3 Å². The lowest BCUT2D eigenvalue weighted by molar-refractivity contribution is -0.538. The van der Waals surface area contributed by atoms with Crippen molar-refractivity contribution in [3.05, 3.63) is 27.2 Å². The summed E-state index contributed by atoms with van der Waals surface area (Å²) in [6, 6.07) is 3.64. The zero-order valence-electron chi connectivity index (χ0n) is 10.8. The molecule has 2 nitrogen and oxygen atoms in total. The van der Waals surface area contributed by atoms with Gasteiger partial charge >= 0.3 is 0 Å². The van der Waals surface area contributed by atoms with Crippen LogP contribution in [0.1, 0.15) is 27.7 Å². The smallest absolute Gasteiger partial charge is 0.0842 e. The highest BCUT2D eigenvalue weighted by Gasteiger charge is 2.47. The topological polar surface area (TPSA) is 15.4 Å². The number of benzene rings is 1. The first-order chi connectivity index (χ1) is 8.24. The molecule has 2 atom stereocenters. The Balaban J connectivity index is 2.58. The first-order valence-corrected chi connectivity index (χ1v) is 7.04. The van der Waals surface area contributed by atoms with Crippen molar-refractivity contribution in [1.29, 1.82) is 0 Å². The van der Waals surface area contributed by atoms with E-state index in [2.05, 4.69) is 27.7 Å². The molecule has 0 N–H and O–H groups in total. The molecule has 1 aliphatic heterocycles. The Bertz CT molecular complexity index is 500. The van der Waals surface area contributed by atoms with Crippen LogP contribution in [0.2, 0.25) is 15.1 Å². The molecule has 0 unspecified atom stereocenters. The van der Waals surface area contributed by atoms with Gasteiger partial charge in [0.1, 0.15) is 15.6 Å². The highest BCUT2D eigenvalue weighted by Crippen LogP contribution is 2.43. The molecule has 18 heavy (non-hydrogen) atoms. The van der Waals surface area contributed by atoms with Crippen LogP contribution in [0.25, 0.3) is 0 Å². The van der Waals surface area contributed by atoms with Gasteiger partial charge in [-0.1, -0.05) is 46.4 Å². The fourth-order valence-electron chi connectivity index (χ4n) is 2.27. The molecule has 0 spiro atoms. The molecule has 0 saturated carbocycles. The van der Waals surface area contributed by atoms with Crippen LogP contribution in [0.5, 0.6) is 0 Å². The molecule has 1 aromatic rings. The summed E-state index contributed by atoms with van der Waals surface area (Å²) in [4.78, 5) is 0. The van der Waals surface area contributed by atoms with Gasteiger partial charge in [-0.2, -0.15) is 0 Å². The summed E-state index contributed by atoms with van der Waals surface area (Å²) >= 11 is 18.4. The van der Waals surface area contributed by atoms with E-state index in [0.29, 0.717) is 21.0 Å². The third-order valence-electron chi connectivity index (χ3n) is 3.80. The zero-order chi connectivity index (χ0) is 13.7. The molecule has 0 bridgehead atoms. The summed E-state index contributed by atoms with van der Waals surface area (Å²) in [5.41, 5.74) is 0.624. The van der Waals surface area contributed by atoms with E-state index in [1.165, 1.54) is 0 Å². The lowest BCUT2D eigenvalue weighted by atomic mass is 9.86. The Morgan fingerprint density at radius 2 is 1.61 bits per heavy atom. The van der Waals surface area contributed by atoms with Gasteiger partial charge in [-0.25, -0.2) is 0 Å². The SMILES string of the molecule is C[C@@H]1[C@H](C)[N+](c2c(Cl)cc(Cl)cc2Cl)=NC1(C)C. The van der Waals surface area contributed by atoms with E-state index in [4.69, 9.17) is 39.9 Å². The predicted octanol–water partition coefficient (Wildman–Crippen LogP) is 5.56. The second kappa shape index (κ2) is 4.66. The van der Waals surface area contributed by atoms with Gasteiger partial charge in [-0.05, 0) is 31.1 Å². The normalized spacial score (nSPS) is 26.3. The molecule has 2 rings (SSSR count). The first-order valence-electron chi connectivity index (χ1n) is 5.90. The Morgan fingerprint density at radius 3 is 2.00 bits per heavy atom. The van der Waals surface area contributed by atoms with Crippen molar-refractivity contribution in [3.63, 3.8) is 0 Å². The summed E-state index contributed by atoms with van der Waals surface area (Å²) in [5, 5.41) is 6.33. The van der Waals surface area contributed by atoms with Gasteiger partial charge < -0.3 is 0 Å². The fourth-order valence-corrected chi connectivity index (χ4v) is 3.26. The van der Waals surface area contributed by atoms with Gasteiger partial charge in [0.2, 0.25) is 0 Å². The molecule has 98 valence electrons. The van der Waals surface area contributed by atoms with Gasteiger partial charge in [-0.15, -0.1) is 0 Å². The maximum Gasteiger partial charge on any atom is 0.268 e. The van der Waals surface area contributed by atoms with Gasteiger partial charge in [-0.3, -0.25) is 0 Å². The van der Waals surface area contributed by atoms with Crippen LogP contribution in [0.4, 0.5) is 5.69 Å². The Hall–Kier alpha value is -0.310. The van der Waals surface area contributed by atoms with Gasteiger partial charge in [0, 0.05) is 11.9 Å². The predicted molar refractivity (Wildman–Crippen MR) is 76.5 cm³/mol. The van der Waals surface area contributed by atoms with E-state index in [1.54, 1.807) is 12.1 Å². The van der Waals surface area contributed by atoms with E-state index < -0.39 is 0 Å². The lowest BCUT2D eigenvalue weighted by Crippen LogP contribution is -2.29. The van der Waals surface area contributed by atoms with Crippen LogP contribution in [0.3, 0.4) is 0 Å². The molecule has 0 aliphatic carbocycles. The molecule has 0 saturated heterocycles. The maximum atomic E-state index is 6.25. The molecule has 1 aromatic carbocycles. The second-order valence-electron chi connectivity index (χ2n) is 5.35. The average Bonchev–Trinajstić information content (AvgIpc) is 2.41. The summed E-state index contributed by atoms with van der Waals surface area (Å²) in [6.07, 6.45) is 0. The van der Waals surface area contributed by atoms with Gasteiger partial charge in [0.05, 0.1) is 5.92 Å². The number of azo groups is 2. The standard InChI is InChI=1S/C13H16Cl3N2/c1-7-8(2)18(17-13(7,3)4)12-10(15)5-9(14)6-11(12)16/h5-8H,1-4H3/q+1/t7-,8+/m1/s1. The Kier molecular flexibility index (Phi) is 3.65. The Labute approximate surface area is 123 Å². The maximum absolute atomic E-state index is 6.25. The van der Waals surface area contributed by atoms with Crippen molar-refractivity contribution in [2.45, 2.75) is 39.3 Å². The van der Waals surface area contributed by atoms with Crippen molar-refractivity contribution in [3.8, 4) is 0 Å². The lowest BCUT2D eigenvalue weighted by Gasteiger charge is -2.15. The highest BCUT2D eigenvalue weighted by molar-refractivity contribution is 6.40. The molecule has 0 aromatic heterocycles. The molecular weight excluding hydrogens is 291 g/mol. The quantitative estimate of drug-likeness (QED) is 0.604. The van der Waals surface area contributed by atoms with Crippen molar-refractivity contribution >= 4 is 40.5 Å². The van der Waals surface area contributed by atoms with Crippen LogP contribution in [0.15, 0.2) is 17.2 Å². The van der Waals surface area contributed by atoms with E-state index in [9.17, 15) is 0 Å². The Morgan fingerprint density at radius 1 is 1.11 bits per heavy atom. The van der Waals surface area contributed by atoms with Gasteiger partial charge in [0.15, 0.2) is 6.04 Å². The largest absolute Gasteiger partial charge is 0.268 e. The fraction of sp³-hybridized carbons (Fsp3) is 0.538. The molecule has 1 heterocycles. The number of hydrogen-bond acceptors (Lipinski definition) is 1. The minimum Gasteiger partial charge on any atom is -0.0842 e. The third kappa shape index (κ3) is 2.26. The molecule has 5 heteroatoms. The van der Waals surface area contributed by atoms with E-state index in [0.717, 1.165) is 5.69 Å². The molecule has 0 fully saturated rings. The summed E-state index contributed by atoms with van der Waals surface area (Å²) < 4.78 is 1.92. The van der Waals surface area contributed by atoms with Crippen molar-refractivity contribution in [1.82, 2.24) is 0 Å². The number of rotatable bonds is 1. The highest BCUT2D eigenvalue weighted by atomic mass is 35.5. The van der Waals surface area contributed by atoms with Crippen molar-refractivity contribution in [2.24, 2.45) is 11.0 Å². The minimum absolute atomic E-state index is 0.119. The molecule has 0 amide bonds. The third-order valence-corrected chi connectivity index (χ3v) is 4.59. The first kappa shape index (κ1) is 14.1.